The molecule has 2 N–H and O–H groups in total. The maximum absolute atomic E-state index is 12.5. The van der Waals surface area contributed by atoms with Crippen LogP contribution in [0.3, 0.4) is 0 Å². The van der Waals surface area contributed by atoms with Crippen molar-refractivity contribution in [2.75, 3.05) is 7.11 Å². The van der Waals surface area contributed by atoms with E-state index in [1.807, 2.05) is 0 Å². The summed E-state index contributed by atoms with van der Waals surface area (Å²) in [6, 6.07) is 4.44. The molecule has 5 heteroatoms. The number of hydrogen-bond acceptors (Lipinski definition) is 3. The molecular formula is C9H11F2NO2. The van der Waals surface area contributed by atoms with Crippen LogP contribution in [0.5, 0.6) is 5.75 Å². The molecule has 14 heavy (non-hydrogen) atoms. The van der Waals surface area contributed by atoms with Gasteiger partial charge >= 0.3 is 0 Å². The molecule has 0 aromatic heterocycles. The van der Waals surface area contributed by atoms with Crippen LogP contribution in [0.4, 0.5) is 8.78 Å². The maximum Gasteiger partial charge on any atom is 0.267 e. The van der Waals surface area contributed by atoms with Gasteiger partial charge in [-0.3, -0.25) is 4.84 Å². The predicted octanol–water partition coefficient (Wildman–Crippen LogP) is 2.02. The van der Waals surface area contributed by atoms with Crippen molar-refractivity contribution in [3.8, 4) is 5.75 Å². The first-order chi connectivity index (χ1) is 6.70. The third kappa shape index (κ3) is 2.18. The topological polar surface area (TPSA) is 44.5 Å². The highest BCUT2D eigenvalue weighted by Gasteiger charge is 2.16. The summed E-state index contributed by atoms with van der Waals surface area (Å²) in [5.74, 6) is 5.00. The van der Waals surface area contributed by atoms with Gasteiger partial charge in [-0.25, -0.2) is 14.7 Å². The van der Waals surface area contributed by atoms with Crippen molar-refractivity contribution < 1.29 is 18.4 Å². The molecule has 0 atom stereocenters. The van der Waals surface area contributed by atoms with E-state index in [9.17, 15) is 8.78 Å². The Bertz CT molecular complexity index is 305. The van der Waals surface area contributed by atoms with Crippen molar-refractivity contribution in [3.63, 3.8) is 0 Å². The molecule has 78 valence electrons. The second-order valence-corrected chi connectivity index (χ2v) is 2.65. The molecule has 0 saturated heterocycles. The largest absolute Gasteiger partial charge is 0.496 e. The van der Waals surface area contributed by atoms with Gasteiger partial charge in [-0.05, 0) is 6.07 Å². The van der Waals surface area contributed by atoms with E-state index >= 15 is 0 Å². The highest BCUT2D eigenvalue weighted by molar-refractivity contribution is 5.41. The molecule has 1 aromatic carbocycles. The van der Waals surface area contributed by atoms with Gasteiger partial charge < -0.3 is 4.74 Å². The molecule has 0 aliphatic carbocycles. The van der Waals surface area contributed by atoms with Gasteiger partial charge in [0.25, 0.3) is 6.43 Å². The molecule has 0 unspecified atom stereocenters. The Morgan fingerprint density at radius 3 is 2.64 bits per heavy atom. The molecule has 0 radical (unpaired) electrons. The van der Waals surface area contributed by atoms with Crippen LogP contribution < -0.4 is 10.6 Å². The van der Waals surface area contributed by atoms with Crippen LogP contribution in [0.15, 0.2) is 18.2 Å². The van der Waals surface area contributed by atoms with Gasteiger partial charge in [-0.2, -0.15) is 0 Å². The normalized spacial score (nSPS) is 10.6. The number of benzene rings is 1. The minimum absolute atomic E-state index is 0.0454. The fourth-order valence-electron chi connectivity index (χ4n) is 1.23. The summed E-state index contributed by atoms with van der Waals surface area (Å²) in [7, 11) is 1.33. The van der Waals surface area contributed by atoms with Crippen molar-refractivity contribution in [1.82, 2.24) is 0 Å². The molecule has 1 rings (SSSR count). The molecule has 0 aliphatic rings. The molecule has 3 nitrogen and oxygen atoms in total. The lowest BCUT2D eigenvalue weighted by Crippen LogP contribution is -2.03. The third-order valence-electron chi connectivity index (χ3n) is 1.81. The summed E-state index contributed by atoms with van der Waals surface area (Å²) in [6.07, 6.45) is -2.57. The summed E-state index contributed by atoms with van der Waals surface area (Å²) in [6.45, 7) is 0.0454. The van der Waals surface area contributed by atoms with Crippen LogP contribution in [0.2, 0.25) is 0 Å². The molecule has 0 heterocycles. The van der Waals surface area contributed by atoms with Gasteiger partial charge in [-0.15, -0.1) is 0 Å². The van der Waals surface area contributed by atoms with Crippen LogP contribution in [0.1, 0.15) is 17.6 Å². The smallest absolute Gasteiger partial charge is 0.267 e. The Morgan fingerprint density at radius 2 is 2.14 bits per heavy atom. The second kappa shape index (κ2) is 4.88. The minimum Gasteiger partial charge on any atom is -0.496 e. The van der Waals surface area contributed by atoms with E-state index in [2.05, 4.69) is 4.84 Å². The van der Waals surface area contributed by atoms with E-state index in [-0.39, 0.29) is 17.9 Å². The number of para-hydroxylation sites is 1. The van der Waals surface area contributed by atoms with Crippen molar-refractivity contribution in [1.29, 1.82) is 0 Å². The molecule has 0 fully saturated rings. The first-order valence-electron chi connectivity index (χ1n) is 3.96. The number of hydrogen-bond donors (Lipinski definition) is 1. The molecule has 0 aliphatic heterocycles. The van der Waals surface area contributed by atoms with E-state index in [1.54, 1.807) is 6.07 Å². The summed E-state index contributed by atoms with van der Waals surface area (Å²) in [4.78, 5) is 4.38. The summed E-state index contributed by atoms with van der Waals surface area (Å²) in [5, 5.41) is 0. The van der Waals surface area contributed by atoms with E-state index in [0.717, 1.165) is 0 Å². The monoisotopic (exact) mass is 203 g/mol. The molecule has 0 bridgehead atoms. The van der Waals surface area contributed by atoms with E-state index in [4.69, 9.17) is 10.6 Å². The van der Waals surface area contributed by atoms with Gasteiger partial charge in [0.2, 0.25) is 0 Å². The van der Waals surface area contributed by atoms with Crippen molar-refractivity contribution in [2.45, 2.75) is 13.0 Å². The van der Waals surface area contributed by atoms with Gasteiger partial charge in [0.15, 0.2) is 0 Å². The number of ether oxygens (including phenoxy) is 1. The Hall–Kier alpha value is -1.20. The lowest BCUT2D eigenvalue weighted by atomic mass is 10.1. The lowest BCUT2D eigenvalue weighted by molar-refractivity contribution is 0.119. The SMILES string of the molecule is COc1c(CON)cccc1C(F)F. The predicted molar refractivity (Wildman–Crippen MR) is 46.9 cm³/mol. The number of alkyl halides is 2. The van der Waals surface area contributed by atoms with Gasteiger partial charge in [0.05, 0.1) is 19.3 Å². The van der Waals surface area contributed by atoms with E-state index < -0.39 is 6.43 Å². The Balaban J connectivity index is 3.11. The molecule has 1 aromatic rings. The zero-order valence-electron chi connectivity index (χ0n) is 7.67. The van der Waals surface area contributed by atoms with Crippen LogP contribution in [-0.4, -0.2) is 7.11 Å². The van der Waals surface area contributed by atoms with Gasteiger partial charge in [0.1, 0.15) is 5.75 Å². The second-order valence-electron chi connectivity index (χ2n) is 2.65. The first kappa shape index (κ1) is 10.9. The summed E-state index contributed by atoms with van der Waals surface area (Å²) >= 11 is 0. The summed E-state index contributed by atoms with van der Waals surface area (Å²) in [5.41, 5.74) is 0.356. The van der Waals surface area contributed by atoms with E-state index in [1.165, 1.54) is 19.2 Å². The number of halogens is 2. The quantitative estimate of drug-likeness (QED) is 0.761. The molecular weight excluding hydrogens is 192 g/mol. The van der Waals surface area contributed by atoms with Crippen LogP contribution in [0, 0.1) is 0 Å². The molecule has 0 amide bonds. The fraction of sp³-hybridized carbons (Fsp3) is 0.333. The van der Waals surface area contributed by atoms with Gasteiger partial charge in [0, 0.05) is 5.56 Å². The Labute approximate surface area is 80.4 Å². The van der Waals surface area contributed by atoms with Crippen molar-refractivity contribution in [2.24, 2.45) is 5.90 Å². The lowest BCUT2D eigenvalue weighted by Gasteiger charge is -2.11. The van der Waals surface area contributed by atoms with Crippen molar-refractivity contribution >= 4 is 0 Å². The van der Waals surface area contributed by atoms with Gasteiger partial charge in [-0.1, -0.05) is 12.1 Å². The number of rotatable bonds is 4. The Morgan fingerprint density at radius 1 is 1.43 bits per heavy atom. The Kier molecular flexibility index (Phi) is 3.79. The zero-order chi connectivity index (χ0) is 10.6. The fourth-order valence-corrected chi connectivity index (χ4v) is 1.23. The highest BCUT2D eigenvalue weighted by Crippen LogP contribution is 2.31. The zero-order valence-corrected chi connectivity index (χ0v) is 7.67. The molecule has 0 spiro atoms. The number of methoxy groups -OCH3 is 1. The van der Waals surface area contributed by atoms with Crippen LogP contribution >= 0.6 is 0 Å². The highest BCUT2D eigenvalue weighted by atomic mass is 19.3. The molecule has 0 saturated carbocycles. The minimum atomic E-state index is -2.57. The first-order valence-corrected chi connectivity index (χ1v) is 3.96. The maximum atomic E-state index is 12.5. The van der Waals surface area contributed by atoms with Crippen LogP contribution in [-0.2, 0) is 11.4 Å². The average Bonchev–Trinajstić information content (AvgIpc) is 2.18. The van der Waals surface area contributed by atoms with Crippen LogP contribution in [0.25, 0.3) is 0 Å². The van der Waals surface area contributed by atoms with Crippen molar-refractivity contribution in [3.05, 3.63) is 29.3 Å². The third-order valence-corrected chi connectivity index (χ3v) is 1.81. The standard InChI is InChI=1S/C9H11F2NO2/c1-13-8-6(5-14-12)3-2-4-7(8)9(10)11/h2-4,9H,5,12H2,1H3. The summed E-state index contributed by atoms with van der Waals surface area (Å²) < 4.78 is 29.8. The number of nitrogens with two attached hydrogens (primary N) is 1. The average molecular weight is 203 g/mol. The van der Waals surface area contributed by atoms with E-state index in [0.29, 0.717) is 5.56 Å².